The molecule has 8 heteroatoms. The zero-order chi connectivity index (χ0) is 20.4. The number of rotatable bonds is 6. The third kappa shape index (κ3) is 4.53. The first-order chi connectivity index (χ1) is 14.0. The fourth-order valence-electron chi connectivity index (χ4n) is 3.50. The Balaban J connectivity index is 1.32. The highest BCUT2D eigenvalue weighted by atomic mass is 32.2. The van der Waals surface area contributed by atoms with Crippen LogP contribution in [-0.4, -0.2) is 21.6 Å². The molecule has 5 nitrogen and oxygen atoms in total. The minimum Gasteiger partial charge on any atom is -0.326 e. The number of nitrogens with zero attached hydrogens (tertiary/aromatic N) is 1. The summed E-state index contributed by atoms with van der Waals surface area (Å²) in [4.78, 5) is 34.3. The Hall–Kier alpha value is -2.19. The van der Waals surface area contributed by atoms with Crippen molar-refractivity contribution in [1.29, 1.82) is 0 Å². The van der Waals surface area contributed by atoms with Gasteiger partial charge in [0.05, 0.1) is 11.1 Å². The lowest BCUT2D eigenvalue weighted by Crippen LogP contribution is -2.14. The van der Waals surface area contributed by atoms with E-state index in [1.165, 1.54) is 22.9 Å². The van der Waals surface area contributed by atoms with Crippen LogP contribution in [-0.2, 0) is 23.4 Å². The van der Waals surface area contributed by atoms with E-state index in [9.17, 15) is 14.0 Å². The Labute approximate surface area is 176 Å². The molecule has 0 saturated heterocycles. The highest BCUT2D eigenvalue weighted by Gasteiger charge is 2.19. The van der Waals surface area contributed by atoms with Crippen molar-refractivity contribution in [3.8, 4) is 0 Å². The molecule has 2 N–H and O–H groups in total. The van der Waals surface area contributed by atoms with Gasteiger partial charge in [-0.05, 0) is 55.9 Å². The van der Waals surface area contributed by atoms with Gasteiger partial charge < -0.3 is 10.3 Å². The summed E-state index contributed by atoms with van der Waals surface area (Å²) >= 11 is 3.18. The Bertz CT molecular complexity index is 1120. The molecule has 1 aromatic carbocycles. The number of aromatic nitrogens is 2. The molecule has 1 amide bonds. The van der Waals surface area contributed by atoms with Gasteiger partial charge in [0, 0.05) is 22.7 Å². The largest absolute Gasteiger partial charge is 0.326 e. The van der Waals surface area contributed by atoms with Gasteiger partial charge in [0.25, 0.3) is 5.56 Å². The van der Waals surface area contributed by atoms with Crippen LogP contribution in [0.5, 0.6) is 0 Å². The average molecular weight is 432 g/mol. The number of halogens is 1. The zero-order valence-electron chi connectivity index (χ0n) is 16.1. The molecule has 0 saturated carbocycles. The van der Waals surface area contributed by atoms with Crippen LogP contribution in [0.3, 0.4) is 0 Å². The van der Waals surface area contributed by atoms with Crippen molar-refractivity contribution >= 4 is 44.9 Å². The molecule has 4 rings (SSSR count). The lowest BCUT2D eigenvalue weighted by atomic mass is 9.97. The summed E-state index contributed by atoms with van der Waals surface area (Å²) in [5, 5.41) is 3.47. The van der Waals surface area contributed by atoms with E-state index in [2.05, 4.69) is 15.3 Å². The molecule has 1 aliphatic rings. The van der Waals surface area contributed by atoms with E-state index in [1.807, 2.05) is 0 Å². The van der Waals surface area contributed by atoms with Crippen molar-refractivity contribution in [1.82, 2.24) is 9.97 Å². The van der Waals surface area contributed by atoms with Crippen molar-refractivity contribution < 1.29 is 9.18 Å². The van der Waals surface area contributed by atoms with Gasteiger partial charge in [-0.25, -0.2) is 9.37 Å². The minimum absolute atomic E-state index is 0.0517. The number of anilines is 1. The van der Waals surface area contributed by atoms with Gasteiger partial charge in [-0.3, -0.25) is 9.59 Å². The molecule has 152 valence electrons. The second-order valence-corrected chi connectivity index (χ2v) is 9.41. The molecule has 0 aliphatic heterocycles. The van der Waals surface area contributed by atoms with E-state index in [0.717, 1.165) is 29.5 Å². The molecule has 0 spiro atoms. The predicted octanol–water partition coefficient (Wildman–Crippen LogP) is 4.57. The fourth-order valence-corrected chi connectivity index (χ4v) is 5.59. The summed E-state index contributed by atoms with van der Waals surface area (Å²) in [6.07, 6.45) is 4.62. The molecule has 2 aromatic heterocycles. The molecular formula is C21H22FN3O2S2. The van der Waals surface area contributed by atoms with Crippen LogP contribution in [0.4, 0.5) is 10.1 Å². The average Bonchev–Trinajstić information content (AvgIpc) is 3.07. The predicted molar refractivity (Wildman–Crippen MR) is 117 cm³/mol. The van der Waals surface area contributed by atoms with Crippen molar-refractivity contribution in [2.45, 2.75) is 44.8 Å². The zero-order valence-corrected chi connectivity index (χ0v) is 17.8. The maximum Gasteiger partial charge on any atom is 0.259 e. The van der Waals surface area contributed by atoms with Crippen LogP contribution < -0.4 is 10.9 Å². The number of aryl methyl sites for hydroxylation is 3. The van der Waals surface area contributed by atoms with Gasteiger partial charge in [0.15, 0.2) is 0 Å². The second-order valence-electron chi connectivity index (χ2n) is 7.22. The fraction of sp³-hybridized carbons (Fsp3) is 0.381. The monoisotopic (exact) mass is 431 g/mol. The van der Waals surface area contributed by atoms with Crippen LogP contribution in [0, 0.1) is 12.7 Å². The van der Waals surface area contributed by atoms with Gasteiger partial charge in [0.1, 0.15) is 16.5 Å². The van der Waals surface area contributed by atoms with Gasteiger partial charge in [-0.15, -0.1) is 11.3 Å². The van der Waals surface area contributed by atoms with Crippen molar-refractivity contribution in [2.75, 3.05) is 11.1 Å². The minimum atomic E-state index is -0.335. The van der Waals surface area contributed by atoms with Crippen molar-refractivity contribution in [3.63, 3.8) is 0 Å². The molecule has 0 atom stereocenters. The Kier molecular flexibility index (Phi) is 6.01. The number of thioether (sulfide) groups is 1. The third-order valence-electron chi connectivity index (χ3n) is 5.04. The molecule has 1 aliphatic carbocycles. The molecule has 0 fully saturated rings. The van der Waals surface area contributed by atoms with Gasteiger partial charge in [-0.1, -0.05) is 6.07 Å². The molecule has 29 heavy (non-hydrogen) atoms. The number of amides is 1. The molecule has 0 bridgehead atoms. The first-order valence-electron chi connectivity index (χ1n) is 9.68. The maximum atomic E-state index is 13.6. The van der Waals surface area contributed by atoms with Crippen molar-refractivity contribution in [3.05, 3.63) is 56.2 Å². The molecule has 2 heterocycles. The number of H-pyrrole nitrogens is 1. The van der Waals surface area contributed by atoms with Crippen molar-refractivity contribution in [2.24, 2.45) is 0 Å². The summed E-state index contributed by atoms with van der Waals surface area (Å²) < 4.78 is 13.6. The molecular weight excluding hydrogens is 409 g/mol. The van der Waals surface area contributed by atoms with Crippen LogP contribution in [0.1, 0.15) is 41.1 Å². The molecule has 3 aromatic rings. The van der Waals surface area contributed by atoms with E-state index >= 15 is 0 Å². The van der Waals surface area contributed by atoms with Gasteiger partial charge in [0.2, 0.25) is 5.91 Å². The number of carbonyl (C=O) groups is 1. The lowest BCUT2D eigenvalue weighted by molar-refractivity contribution is -0.115. The second kappa shape index (κ2) is 8.67. The highest BCUT2D eigenvalue weighted by molar-refractivity contribution is 7.98. The summed E-state index contributed by atoms with van der Waals surface area (Å²) in [5.41, 5.74) is 2.14. The van der Waals surface area contributed by atoms with E-state index in [-0.39, 0.29) is 17.3 Å². The highest BCUT2D eigenvalue weighted by Crippen LogP contribution is 2.33. The Morgan fingerprint density at radius 3 is 3.00 bits per heavy atom. The normalized spacial score (nSPS) is 13.4. The molecule has 0 radical (unpaired) electrons. The van der Waals surface area contributed by atoms with Gasteiger partial charge in [-0.2, -0.15) is 11.8 Å². The first-order valence-corrected chi connectivity index (χ1v) is 11.7. The third-order valence-corrected chi connectivity index (χ3v) is 7.20. The lowest BCUT2D eigenvalue weighted by Gasteiger charge is -2.09. The number of benzene rings is 1. The standard InChI is InChI=1S/C21H22FN3O2S2/c1-12-6-7-13(10-15(12)22)23-18(26)8-9-28-11-17-24-20(27)19-14-4-2-3-5-16(14)29-21(19)25-17/h6-7,10H,2-5,8-9,11H2,1H3,(H,23,26)(H,24,25,27). The molecule has 0 unspecified atom stereocenters. The summed E-state index contributed by atoms with van der Waals surface area (Å²) in [5.74, 6) is 1.27. The maximum absolute atomic E-state index is 13.6. The van der Waals surface area contributed by atoms with Crippen LogP contribution >= 0.6 is 23.1 Å². The van der Waals surface area contributed by atoms with Gasteiger partial charge >= 0.3 is 0 Å². The Morgan fingerprint density at radius 1 is 1.34 bits per heavy atom. The number of thiophene rings is 1. The van der Waals surface area contributed by atoms with Crippen LogP contribution in [0.25, 0.3) is 10.2 Å². The topological polar surface area (TPSA) is 74.8 Å². The smallest absolute Gasteiger partial charge is 0.259 e. The summed E-state index contributed by atoms with van der Waals surface area (Å²) in [6.45, 7) is 1.68. The van der Waals surface area contributed by atoms with E-state index < -0.39 is 0 Å². The number of fused-ring (bicyclic) bond motifs is 3. The summed E-state index contributed by atoms with van der Waals surface area (Å²) in [7, 11) is 0. The van der Waals surface area contributed by atoms with E-state index in [1.54, 1.807) is 42.2 Å². The van der Waals surface area contributed by atoms with Crippen LogP contribution in [0.2, 0.25) is 0 Å². The number of hydrogen-bond acceptors (Lipinski definition) is 5. The Morgan fingerprint density at radius 2 is 2.17 bits per heavy atom. The number of carbonyl (C=O) groups excluding carboxylic acids is 1. The number of hydrogen-bond donors (Lipinski definition) is 2. The number of nitrogens with one attached hydrogen (secondary N) is 2. The SMILES string of the molecule is Cc1ccc(NC(=O)CCSCc2nc3sc4c(c3c(=O)[nH]2)CCCC4)cc1F. The van der Waals surface area contributed by atoms with Crippen LogP contribution in [0.15, 0.2) is 23.0 Å². The van der Waals surface area contributed by atoms with E-state index in [4.69, 9.17) is 0 Å². The first kappa shape index (κ1) is 20.1. The quantitative estimate of drug-likeness (QED) is 0.561. The number of aromatic amines is 1. The van der Waals surface area contributed by atoms with E-state index in [0.29, 0.717) is 35.0 Å². The summed E-state index contributed by atoms with van der Waals surface area (Å²) in [6, 6.07) is 4.65.